The highest BCUT2D eigenvalue weighted by Crippen LogP contribution is 2.48. The Balaban J connectivity index is 1.29. The lowest BCUT2D eigenvalue weighted by molar-refractivity contribution is -0.123. The van der Waals surface area contributed by atoms with Crippen LogP contribution in [0.5, 0.6) is 0 Å². The van der Waals surface area contributed by atoms with Gasteiger partial charge in [-0.2, -0.15) is 0 Å². The van der Waals surface area contributed by atoms with E-state index in [4.69, 9.17) is 18.8 Å². The summed E-state index contributed by atoms with van der Waals surface area (Å²) in [6, 6.07) is 6.11. The van der Waals surface area contributed by atoms with E-state index < -0.39 is 17.3 Å². The van der Waals surface area contributed by atoms with E-state index >= 15 is 4.39 Å². The Morgan fingerprint density at radius 3 is 2.56 bits per heavy atom. The first-order valence-corrected chi connectivity index (χ1v) is 13.7. The molecule has 9 nitrogen and oxygen atoms in total. The lowest BCUT2D eigenvalue weighted by Gasteiger charge is -2.43. The molecule has 5 rings (SSSR count). The second-order valence-electron chi connectivity index (χ2n) is 10.5. The molecular weight excluding hydrogens is 517 g/mol. The molecule has 0 radical (unpaired) electrons. The van der Waals surface area contributed by atoms with Crippen molar-refractivity contribution in [2.45, 2.75) is 38.1 Å². The molecule has 2 aromatic rings. The van der Waals surface area contributed by atoms with E-state index in [0.717, 1.165) is 45.6 Å². The third-order valence-corrected chi connectivity index (χ3v) is 8.35. The number of carbonyl (C=O) groups excluding carboxylic acids is 2. The number of nitrogens with zero attached hydrogens (tertiary/aromatic N) is 6. The zero-order valence-electron chi connectivity index (χ0n) is 22.2. The van der Waals surface area contributed by atoms with Crippen molar-refractivity contribution in [2.75, 3.05) is 56.1 Å². The average molecular weight is 550 g/mol. The van der Waals surface area contributed by atoms with Gasteiger partial charge in [0.25, 0.3) is 17.6 Å². The molecule has 0 unspecified atom stereocenters. The maximum atomic E-state index is 15.3. The summed E-state index contributed by atoms with van der Waals surface area (Å²) in [5.41, 5.74) is 0.634. The quantitative estimate of drug-likeness (QED) is 0.322. The zero-order valence-corrected chi connectivity index (χ0v) is 23.1. The number of nitrogens with one attached hydrogen (secondary N) is 1. The van der Waals surface area contributed by atoms with Gasteiger partial charge in [0, 0.05) is 38.4 Å². The Labute approximate surface area is 233 Å². The van der Waals surface area contributed by atoms with Crippen LogP contribution in [0.2, 0.25) is 0 Å². The van der Waals surface area contributed by atoms with Crippen LogP contribution in [-0.2, 0) is 4.79 Å². The molecule has 2 aliphatic heterocycles. The van der Waals surface area contributed by atoms with E-state index in [1.165, 1.54) is 23.2 Å². The van der Waals surface area contributed by atoms with Crippen molar-refractivity contribution in [1.82, 2.24) is 20.1 Å². The number of halogens is 1. The number of thiocarbonyl (C=S) groups is 1. The predicted molar refractivity (Wildman–Crippen MR) is 152 cm³/mol. The summed E-state index contributed by atoms with van der Waals surface area (Å²) >= 11 is 5.75. The Hall–Kier alpha value is -3.46. The van der Waals surface area contributed by atoms with Gasteiger partial charge in [0.2, 0.25) is 0 Å². The Morgan fingerprint density at radius 2 is 1.95 bits per heavy atom. The van der Waals surface area contributed by atoms with Crippen LogP contribution in [0.3, 0.4) is 0 Å². The fourth-order valence-corrected chi connectivity index (χ4v) is 5.97. The summed E-state index contributed by atoms with van der Waals surface area (Å²) in [4.78, 5) is 41.8. The molecule has 2 saturated heterocycles. The van der Waals surface area contributed by atoms with Gasteiger partial charge in [0.05, 0.1) is 11.3 Å². The molecule has 39 heavy (non-hydrogen) atoms. The van der Waals surface area contributed by atoms with Crippen molar-refractivity contribution in [2.24, 2.45) is 0 Å². The van der Waals surface area contributed by atoms with E-state index in [1.54, 1.807) is 24.0 Å². The number of hydrogen-bond donors (Lipinski definition) is 1. The van der Waals surface area contributed by atoms with Crippen molar-refractivity contribution >= 4 is 46.3 Å². The number of carbonyl (C=O) groups is 2. The number of aryl methyl sites for hydroxylation is 1. The van der Waals surface area contributed by atoms with Gasteiger partial charge in [-0.25, -0.2) is 4.39 Å². The SMILES string of the molecule is [C-]#[N+]c1ncc(N2C(=O)C3(CCC3)N(c3ccc(C(=O)NCCCN4CCN(C)CC4)c(F)c3)C2=S)cc1C. The lowest BCUT2D eigenvalue weighted by Crippen LogP contribution is -2.55. The maximum absolute atomic E-state index is 15.3. The fraction of sp³-hybridized carbons (Fsp3) is 0.464. The standard InChI is InChI=1S/C28H32FN7O2S/c1-19-16-21(18-32-24(19)30-2)35-26(38)28(8-4-9-28)36(27(35)39)20-6-7-22(23(29)17-20)25(37)31-10-5-11-34-14-12-33(3)13-15-34/h6-7,16-18H,4-5,8-15H2,1,3H3,(H,31,37). The van der Waals surface area contributed by atoms with Gasteiger partial charge in [0.15, 0.2) is 5.11 Å². The van der Waals surface area contributed by atoms with Crippen LogP contribution in [-0.4, -0.2) is 83.6 Å². The fourth-order valence-electron chi connectivity index (χ4n) is 5.50. The number of anilines is 2. The molecule has 1 saturated carbocycles. The minimum absolute atomic E-state index is 0.0381. The van der Waals surface area contributed by atoms with E-state index in [1.807, 2.05) is 0 Å². The first-order chi connectivity index (χ1) is 18.7. The minimum atomic E-state index is -0.886. The molecule has 11 heteroatoms. The number of amides is 2. The van der Waals surface area contributed by atoms with Crippen LogP contribution in [0.1, 0.15) is 41.6 Å². The van der Waals surface area contributed by atoms with Crippen molar-refractivity contribution in [3.8, 4) is 0 Å². The number of hydrogen-bond acceptors (Lipinski definition) is 6. The Morgan fingerprint density at radius 1 is 1.21 bits per heavy atom. The number of benzene rings is 1. The average Bonchev–Trinajstić information content (AvgIpc) is 3.14. The molecule has 1 N–H and O–H groups in total. The second kappa shape index (κ2) is 11.0. The van der Waals surface area contributed by atoms with Gasteiger partial charge in [-0.15, -0.1) is 4.98 Å². The van der Waals surface area contributed by atoms with Crippen molar-refractivity contribution in [3.05, 3.63) is 58.8 Å². The Kier molecular flexibility index (Phi) is 7.62. The molecule has 204 valence electrons. The summed E-state index contributed by atoms with van der Waals surface area (Å²) in [6.07, 6.45) is 4.29. The number of piperazine rings is 1. The van der Waals surface area contributed by atoms with Crippen LogP contribution in [0, 0.1) is 19.3 Å². The topological polar surface area (TPSA) is 76.4 Å². The van der Waals surface area contributed by atoms with Crippen molar-refractivity contribution in [3.63, 3.8) is 0 Å². The molecular formula is C28H32FN7O2S. The van der Waals surface area contributed by atoms with Crippen LogP contribution >= 0.6 is 12.2 Å². The van der Waals surface area contributed by atoms with Gasteiger partial charge in [0.1, 0.15) is 17.6 Å². The van der Waals surface area contributed by atoms with Crippen LogP contribution in [0.15, 0.2) is 30.5 Å². The van der Waals surface area contributed by atoms with Crippen molar-refractivity contribution in [1.29, 1.82) is 0 Å². The summed E-state index contributed by atoms with van der Waals surface area (Å²) < 4.78 is 15.3. The van der Waals surface area contributed by atoms with Gasteiger partial charge < -0.3 is 24.9 Å². The van der Waals surface area contributed by atoms with E-state index in [-0.39, 0.29) is 22.4 Å². The summed E-state index contributed by atoms with van der Waals surface area (Å²) in [5.74, 6) is -1.04. The molecule has 1 spiro atoms. The molecule has 2 amide bonds. The molecule has 1 aromatic carbocycles. The lowest BCUT2D eigenvalue weighted by atomic mass is 9.75. The highest BCUT2D eigenvalue weighted by atomic mass is 32.1. The molecule has 3 aliphatic rings. The normalized spacial score (nSPS) is 19.3. The summed E-state index contributed by atoms with van der Waals surface area (Å²) in [5, 5.41) is 3.06. The van der Waals surface area contributed by atoms with Gasteiger partial charge in [-0.05, 0) is 88.2 Å². The second-order valence-corrected chi connectivity index (χ2v) is 10.9. The van der Waals surface area contributed by atoms with E-state index in [2.05, 4.69) is 32.0 Å². The molecule has 0 atom stereocenters. The highest BCUT2D eigenvalue weighted by molar-refractivity contribution is 7.81. The minimum Gasteiger partial charge on any atom is -0.360 e. The zero-order chi connectivity index (χ0) is 27.7. The molecule has 1 aromatic heterocycles. The number of rotatable bonds is 7. The first kappa shape index (κ1) is 27.1. The largest absolute Gasteiger partial charge is 0.360 e. The summed E-state index contributed by atoms with van der Waals surface area (Å²) in [6.45, 7) is 14.5. The van der Waals surface area contributed by atoms with Gasteiger partial charge >= 0.3 is 0 Å². The monoisotopic (exact) mass is 549 g/mol. The first-order valence-electron chi connectivity index (χ1n) is 13.3. The predicted octanol–water partition coefficient (Wildman–Crippen LogP) is 3.51. The highest BCUT2D eigenvalue weighted by Gasteiger charge is 2.59. The van der Waals surface area contributed by atoms with E-state index in [9.17, 15) is 9.59 Å². The molecule has 3 fully saturated rings. The third kappa shape index (κ3) is 5.00. The number of pyridine rings is 1. The smallest absolute Gasteiger partial charge is 0.272 e. The Bertz CT molecular complexity index is 1350. The number of likely N-dealkylation sites (N-methyl/N-ethyl adjacent to an activating group) is 1. The van der Waals surface area contributed by atoms with E-state index in [0.29, 0.717) is 36.3 Å². The van der Waals surface area contributed by atoms with Crippen molar-refractivity contribution < 1.29 is 14.0 Å². The molecule has 3 heterocycles. The van der Waals surface area contributed by atoms with Crippen LogP contribution < -0.4 is 15.1 Å². The number of aromatic nitrogens is 1. The van der Waals surface area contributed by atoms with Crippen LogP contribution in [0.4, 0.5) is 21.6 Å². The summed E-state index contributed by atoms with van der Waals surface area (Å²) in [7, 11) is 2.11. The molecule has 0 bridgehead atoms. The maximum Gasteiger partial charge on any atom is 0.272 e. The van der Waals surface area contributed by atoms with Crippen LogP contribution in [0.25, 0.3) is 4.85 Å². The van der Waals surface area contributed by atoms with Gasteiger partial charge in [-0.1, -0.05) is 6.57 Å². The third-order valence-electron chi connectivity index (χ3n) is 7.98. The molecule has 1 aliphatic carbocycles. The van der Waals surface area contributed by atoms with Gasteiger partial charge in [-0.3, -0.25) is 14.5 Å².